The van der Waals surface area contributed by atoms with E-state index in [9.17, 15) is 9.90 Å². The Balaban J connectivity index is 1.75. The number of amides is 1. The van der Waals surface area contributed by atoms with Crippen LogP contribution in [0, 0.1) is 5.92 Å². The van der Waals surface area contributed by atoms with Crippen LogP contribution in [0.5, 0.6) is 0 Å². The summed E-state index contributed by atoms with van der Waals surface area (Å²) in [4.78, 5) is 21.7. The molecule has 116 valence electrons. The highest BCUT2D eigenvalue weighted by atomic mass is 35.5. The van der Waals surface area contributed by atoms with E-state index in [1.54, 1.807) is 0 Å². The van der Waals surface area contributed by atoms with Crippen molar-refractivity contribution < 1.29 is 9.90 Å². The van der Waals surface area contributed by atoms with Crippen molar-refractivity contribution in [3.63, 3.8) is 0 Å². The molecule has 2 heterocycles. The number of likely N-dealkylation sites (tertiary alicyclic amines) is 1. The Kier molecular flexibility index (Phi) is 5.90. The molecule has 7 heteroatoms. The summed E-state index contributed by atoms with van der Waals surface area (Å²) in [5.74, 6) is 0.367. The van der Waals surface area contributed by atoms with Gasteiger partial charge in [-0.2, -0.15) is 0 Å². The molecule has 1 aliphatic rings. The van der Waals surface area contributed by atoms with Crippen LogP contribution in [-0.4, -0.2) is 58.2 Å². The number of halogens is 1. The molecule has 1 amide bonds. The molecule has 1 saturated heterocycles. The van der Waals surface area contributed by atoms with Crippen LogP contribution in [0.15, 0.2) is 12.5 Å². The highest BCUT2D eigenvalue weighted by Gasteiger charge is 2.19. The molecule has 1 atom stereocenters. The van der Waals surface area contributed by atoms with Gasteiger partial charge in [-0.1, -0.05) is 18.5 Å². The summed E-state index contributed by atoms with van der Waals surface area (Å²) in [5.41, 5.74) is 0.130. The van der Waals surface area contributed by atoms with E-state index in [4.69, 9.17) is 11.6 Å². The van der Waals surface area contributed by atoms with Crippen LogP contribution < -0.4 is 5.32 Å². The number of rotatable bonds is 5. The summed E-state index contributed by atoms with van der Waals surface area (Å²) in [6.07, 6.45) is 4.37. The van der Waals surface area contributed by atoms with E-state index >= 15 is 0 Å². The Hall–Kier alpha value is -1.24. The molecule has 0 bridgehead atoms. The number of carbonyl (C=O) groups excluding carboxylic acids is 1. The van der Waals surface area contributed by atoms with Gasteiger partial charge in [0.15, 0.2) is 0 Å². The van der Waals surface area contributed by atoms with E-state index in [0.29, 0.717) is 6.54 Å². The molecule has 1 fully saturated rings. The van der Waals surface area contributed by atoms with E-state index in [1.807, 2.05) is 0 Å². The number of hydrogen-bond donors (Lipinski definition) is 2. The van der Waals surface area contributed by atoms with Gasteiger partial charge in [-0.15, -0.1) is 0 Å². The predicted molar refractivity (Wildman–Crippen MR) is 80.2 cm³/mol. The van der Waals surface area contributed by atoms with Gasteiger partial charge in [-0.3, -0.25) is 4.79 Å². The number of piperidine rings is 1. The zero-order valence-corrected chi connectivity index (χ0v) is 12.9. The molecule has 0 radical (unpaired) electrons. The second-order valence-corrected chi connectivity index (χ2v) is 5.97. The number of carbonyl (C=O) groups is 1. The summed E-state index contributed by atoms with van der Waals surface area (Å²) in [6, 6.07) is 0. The molecule has 1 aromatic rings. The van der Waals surface area contributed by atoms with Crippen molar-refractivity contribution >= 4 is 17.5 Å². The van der Waals surface area contributed by atoms with Gasteiger partial charge in [0.2, 0.25) is 0 Å². The Bertz CT molecular complexity index is 478. The van der Waals surface area contributed by atoms with Gasteiger partial charge in [0.25, 0.3) is 5.91 Å². The SMILES string of the molecule is CC1CCN(C[C@H](O)CNC(=O)c2ncncc2Cl)CC1. The van der Waals surface area contributed by atoms with Crippen molar-refractivity contribution in [2.24, 2.45) is 5.92 Å². The average molecular weight is 313 g/mol. The molecule has 2 rings (SSSR count). The first-order valence-corrected chi connectivity index (χ1v) is 7.58. The molecule has 0 spiro atoms. The summed E-state index contributed by atoms with van der Waals surface area (Å²) >= 11 is 5.85. The zero-order chi connectivity index (χ0) is 15.2. The summed E-state index contributed by atoms with van der Waals surface area (Å²) in [5, 5.41) is 12.9. The third-order valence-corrected chi connectivity index (χ3v) is 4.00. The lowest BCUT2D eigenvalue weighted by Gasteiger charge is -2.31. The van der Waals surface area contributed by atoms with Gasteiger partial charge in [0.1, 0.15) is 12.0 Å². The lowest BCUT2D eigenvalue weighted by atomic mass is 9.99. The van der Waals surface area contributed by atoms with Crippen LogP contribution in [0.1, 0.15) is 30.3 Å². The number of aliphatic hydroxyl groups excluding tert-OH is 1. The topological polar surface area (TPSA) is 78.4 Å². The normalized spacial score (nSPS) is 18.4. The lowest BCUT2D eigenvalue weighted by Crippen LogP contribution is -2.43. The lowest BCUT2D eigenvalue weighted by molar-refractivity contribution is 0.0792. The molecule has 0 aromatic carbocycles. The number of aromatic nitrogens is 2. The molecule has 6 nitrogen and oxygen atoms in total. The van der Waals surface area contributed by atoms with E-state index in [0.717, 1.165) is 31.8 Å². The third kappa shape index (κ3) is 4.91. The van der Waals surface area contributed by atoms with Gasteiger partial charge in [0.05, 0.1) is 11.1 Å². The van der Waals surface area contributed by atoms with Gasteiger partial charge in [-0.25, -0.2) is 9.97 Å². The molecular weight excluding hydrogens is 292 g/mol. The first-order valence-electron chi connectivity index (χ1n) is 7.20. The summed E-state index contributed by atoms with van der Waals surface area (Å²) < 4.78 is 0. The number of nitrogens with one attached hydrogen (secondary N) is 1. The van der Waals surface area contributed by atoms with Crippen molar-refractivity contribution in [1.29, 1.82) is 0 Å². The highest BCUT2D eigenvalue weighted by molar-refractivity contribution is 6.33. The number of nitrogens with zero attached hydrogens (tertiary/aromatic N) is 3. The number of β-amino-alcohol motifs (C(OH)–C–C–N with tert-alkyl or cyclic N) is 1. The maximum Gasteiger partial charge on any atom is 0.271 e. The van der Waals surface area contributed by atoms with E-state index < -0.39 is 12.0 Å². The molecule has 2 N–H and O–H groups in total. The molecule has 1 aliphatic heterocycles. The van der Waals surface area contributed by atoms with Crippen LogP contribution in [0.3, 0.4) is 0 Å². The Labute approximate surface area is 129 Å². The monoisotopic (exact) mass is 312 g/mol. The highest BCUT2D eigenvalue weighted by Crippen LogP contribution is 2.16. The van der Waals surface area contributed by atoms with Gasteiger partial charge >= 0.3 is 0 Å². The molecular formula is C14H21ClN4O2. The molecule has 0 saturated carbocycles. The Morgan fingerprint density at radius 1 is 1.57 bits per heavy atom. The van der Waals surface area contributed by atoms with Crippen LogP contribution in [-0.2, 0) is 0 Å². The minimum absolute atomic E-state index is 0.130. The second-order valence-electron chi connectivity index (χ2n) is 5.57. The van der Waals surface area contributed by atoms with Gasteiger partial charge in [0, 0.05) is 19.3 Å². The van der Waals surface area contributed by atoms with E-state index in [1.165, 1.54) is 12.5 Å². The van der Waals surface area contributed by atoms with Crippen molar-refractivity contribution in [1.82, 2.24) is 20.2 Å². The maximum absolute atomic E-state index is 11.9. The van der Waals surface area contributed by atoms with Crippen LogP contribution in [0.4, 0.5) is 0 Å². The molecule has 0 aliphatic carbocycles. The van der Waals surface area contributed by atoms with Crippen molar-refractivity contribution in [2.45, 2.75) is 25.9 Å². The van der Waals surface area contributed by atoms with Crippen molar-refractivity contribution in [2.75, 3.05) is 26.2 Å². The van der Waals surface area contributed by atoms with E-state index in [2.05, 4.69) is 27.1 Å². The average Bonchev–Trinajstić information content (AvgIpc) is 2.48. The first kappa shape index (κ1) is 16.1. The van der Waals surface area contributed by atoms with Crippen LogP contribution in [0.25, 0.3) is 0 Å². The maximum atomic E-state index is 11.9. The van der Waals surface area contributed by atoms with Crippen LogP contribution in [0.2, 0.25) is 5.02 Å². The zero-order valence-electron chi connectivity index (χ0n) is 12.1. The molecule has 21 heavy (non-hydrogen) atoms. The fourth-order valence-electron chi connectivity index (χ4n) is 2.38. The molecule has 0 unspecified atom stereocenters. The third-order valence-electron chi connectivity index (χ3n) is 3.73. The fraction of sp³-hybridized carbons (Fsp3) is 0.643. The number of hydrogen-bond acceptors (Lipinski definition) is 5. The van der Waals surface area contributed by atoms with Gasteiger partial charge in [-0.05, 0) is 31.8 Å². The van der Waals surface area contributed by atoms with Crippen molar-refractivity contribution in [3.8, 4) is 0 Å². The Morgan fingerprint density at radius 2 is 2.29 bits per heavy atom. The minimum atomic E-state index is -0.594. The summed E-state index contributed by atoms with van der Waals surface area (Å²) in [7, 11) is 0. The van der Waals surface area contributed by atoms with Crippen LogP contribution >= 0.6 is 11.6 Å². The van der Waals surface area contributed by atoms with Crippen molar-refractivity contribution in [3.05, 3.63) is 23.2 Å². The second kappa shape index (κ2) is 7.68. The smallest absolute Gasteiger partial charge is 0.271 e. The first-order chi connectivity index (χ1) is 10.1. The fourth-order valence-corrected chi connectivity index (χ4v) is 2.57. The van der Waals surface area contributed by atoms with E-state index in [-0.39, 0.29) is 17.3 Å². The minimum Gasteiger partial charge on any atom is -0.390 e. The van der Waals surface area contributed by atoms with Gasteiger partial charge < -0.3 is 15.3 Å². The standard InChI is InChI=1S/C14H21ClN4O2/c1-10-2-4-19(5-3-10)8-11(20)6-17-14(21)13-12(15)7-16-9-18-13/h7,9-11,20H,2-6,8H2,1H3,(H,17,21)/t11-/m1/s1. The quantitative estimate of drug-likeness (QED) is 0.846. The number of aliphatic hydroxyl groups is 1. The molecule has 1 aromatic heterocycles. The Morgan fingerprint density at radius 3 is 2.95 bits per heavy atom. The summed E-state index contributed by atoms with van der Waals surface area (Å²) in [6.45, 7) is 5.02. The predicted octanol–water partition coefficient (Wildman–Crippen LogP) is 0.953. The largest absolute Gasteiger partial charge is 0.390 e.